The van der Waals surface area contributed by atoms with Gasteiger partial charge >= 0.3 is 11.9 Å². The third-order valence-corrected chi connectivity index (χ3v) is 4.03. The summed E-state index contributed by atoms with van der Waals surface area (Å²) in [5, 5.41) is 0. The Bertz CT molecular complexity index is 871. The molecule has 0 atom stereocenters. The van der Waals surface area contributed by atoms with Crippen LogP contribution in [0.1, 0.15) is 31.8 Å². The van der Waals surface area contributed by atoms with Gasteiger partial charge in [0.2, 0.25) is 0 Å². The molecule has 0 fully saturated rings. The van der Waals surface area contributed by atoms with Crippen LogP contribution in [0.5, 0.6) is 23.0 Å². The first kappa shape index (κ1) is 20.1. The van der Waals surface area contributed by atoms with Crippen molar-refractivity contribution >= 4 is 11.9 Å². The molecule has 144 valence electrons. The highest BCUT2D eigenvalue weighted by molar-refractivity contribution is 5.97. The summed E-state index contributed by atoms with van der Waals surface area (Å²) in [4.78, 5) is 24.6. The topological polar surface area (TPSA) is 80.3 Å². The zero-order valence-electron chi connectivity index (χ0n) is 16.2. The summed E-state index contributed by atoms with van der Waals surface area (Å²) in [6.07, 6.45) is 0. The molecule has 0 spiro atoms. The summed E-state index contributed by atoms with van der Waals surface area (Å²) in [5.74, 6) is 0.268. The van der Waals surface area contributed by atoms with E-state index in [4.69, 9.17) is 23.7 Å². The molecule has 7 heteroatoms. The number of hydrogen-bond acceptors (Lipinski definition) is 7. The summed E-state index contributed by atoms with van der Waals surface area (Å²) in [7, 11) is 5.70. The highest BCUT2D eigenvalue weighted by atomic mass is 16.5. The zero-order valence-corrected chi connectivity index (χ0v) is 16.2. The Balaban J connectivity index is 2.42. The summed E-state index contributed by atoms with van der Waals surface area (Å²) < 4.78 is 26.0. The maximum atomic E-state index is 12.7. The fraction of sp³-hybridized carbons (Fsp3) is 0.300. The third-order valence-electron chi connectivity index (χ3n) is 4.03. The van der Waals surface area contributed by atoms with Gasteiger partial charge in [0, 0.05) is 12.1 Å². The Labute approximate surface area is 157 Å². The molecule has 0 aromatic heterocycles. The highest BCUT2D eigenvalue weighted by Gasteiger charge is 2.22. The van der Waals surface area contributed by atoms with Gasteiger partial charge in [0.15, 0.2) is 0 Å². The predicted octanol–water partition coefficient (Wildman–Crippen LogP) is 3.34. The van der Waals surface area contributed by atoms with Crippen molar-refractivity contribution in [2.24, 2.45) is 0 Å². The molecule has 0 bridgehead atoms. The van der Waals surface area contributed by atoms with Gasteiger partial charge < -0.3 is 23.7 Å². The van der Waals surface area contributed by atoms with E-state index in [1.165, 1.54) is 34.5 Å². The van der Waals surface area contributed by atoms with Crippen molar-refractivity contribution in [3.63, 3.8) is 0 Å². The number of carbonyl (C=O) groups excluding carboxylic acids is 2. The van der Waals surface area contributed by atoms with Crippen molar-refractivity contribution in [3.8, 4) is 23.0 Å². The fourth-order valence-electron chi connectivity index (χ4n) is 2.73. The predicted molar refractivity (Wildman–Crippen MR) is 98.3 cm³/mol. The first-order valence-electron chi connectivity index (χ1n) is 8.08. The second-order valence-corrected chi connectivity index (χ2v) is 5.72. The Morgan fingerprint density at radius 3 is 1.63 bits per heavy atom. The second-order valence-electron chi connectivity index (χ2n) is 5.72. The maximum absolute atomic E-state index is 12.7. The van der Waals surface area contributed by atoms with Crippen molar-refractivity contribution in [2.45, 2.75) is 13.8 Å². The van der Waals surface area contributed by atoms with Gasteiger partial charge in [-0.2, -0.15) is 0 Å². The van der Waals surface area contributed by atoms with Gasteiger partial charge in [-0.25, -0.2) is 9.59 Å². The number of rotatable bonds is 6. The van der Waals surface area contributed by atoms with Crippen LogP contribution in [0.25, 0.3) is 0 Å². The number of carbonyl (C=O) groups is 2. The molecule has 0 radical (unpaired) electrons. The molecule has 2 aromatic rings. The van der Waals surface area contributed by atoms with E-state index in [-0.39, 0.29) is 22.6 Å². The summed E-state index contributed by atoms with van der Waals surface area (Å²) in [6.45, 7) is 3.46. The highest BCUT2D eigenvalue weighted by Crippen LogP contribution is 2.32. The van der Waals surface area contributed by atoms with E-state index in [1.807, 2.05) is 0 Å². The van der Waals surface area contributed by atoms with E-state index in [9.17, 15) is 9.59 Å². The minimum Gasteiger partial charge on any atom is -0.497 e. The maximum Gasteiger partial charge on any atom is 0.347 e. The molecule has 0 saturated heterocycles. The minimum atomic E-state index is -0.598. The molecule has 0 unspecified atom stereocenters. The fourth-order valence-corrected chi connectivity index (χ4v) is 2.73. The van der Waals surface area contributed by atoms with Crippen molar-refractivity contribution in [2.75, 3.05) is 28.4 Å². The van der Waals surface area contributed by atoms with Crippen LogP contribution in [-0.2, 0) is 4.74 Å². The first-order valence-corrected chi connectivity index (χ1v) is 8.08. The Morgan fingerprint density at radius 1 is 0.667 bits per heavy atom. The molecule has 7 nitrogen and oxygen atoms in total. The number of hydrogen-bond donors (Lipinski definition) is 0. The lowest BCUT2D eigenvalue weighted by Gasteiger charge is -2.15. The minimum absolute atomic E-state index is 0.235. The molecule has 2 aromatic carbocycles. The largest absolute Gasteiger partial charge is 0.497 e. The van der Waals surface area contributed by atoms with Crippen molar-refractivity contribution in [1.29, 1.82) is 0 Å². The standard InChI is InChI=1S/C20H22O7/c1-11-7-13(23-3)9-15(24-4)18(11)20(22)27-14-8-12(2)17(19(21)26-6)16(10-14)25-5/h7-10H,1-6H3. The lowest BCUT2D eigenvalue weighted by atomic mass is 10.1. The molecule has 0 aliphatic carbocycles. The van der Waals surface area contributed by atoms with Crippen molar-refractivity contribution in [3.05, 3.63) is 46.5 Å². The van der Waals surface area contributed by atoms with E-state index in [2.05, 4.69) is 0 Å². The van der Waals surface area contributed by atoms with E-state index >= 15 is 0 Å². The summed E-state index contributed by atoms with van der Waals surface area (Å²) in [6, 6.07) is 6.35. The number of benzene rings is 2. The summed E-state index contributed by atoms with van der Waals surface area (Å²) in [5.41, 5.74) is 1.76. The number of esters is 2. The van der Waals surface area contributed by atoms with Gasteiger partial charge in [0.05, 0.1) is 28.4 Å². The Hall–Kier alpha value is -3.22. The van der Waals surface area contributed by atoms with Gasteiger partial charge in [0.25, 0.3) is 0 Å². The van der Waals surface area contributed by atoms with Crippen LogP contribution in [0.15, 0.2) is 24.3 Å². The molecule has 2 rings (SSSR count). The number of aryl methyl sites for hydroxylation is 2. The van der Waals surface area contributed by atoms with Crippen LogP contribution in [0.2, 0.25) is 0 Å². The van der Waals surface area contributed by atoms with E-state index < -0.39 is 11.9 Å². The Kier molecular flexibility index (Phi) is 6.28. The molecule has 0 heterocycles. The van der Waals surface area contributed by atoms with Crippen LogP contribution in [0.3, 0.4) is 0 Å². The molecule has 27 heavy (non-hydrogen) atoms. The first-order chi connectivity index (χ1) is 12.9. The smallest absolute Gasteiger partial charge is 0.347 e. The zero-order chi connectivity index (χ0) is 20.1. The van der Waals surface area contributed by atoms with Crippen LogP contribution < -0.4 is 18.9 Å². The van der Waals surface area contributed by atoms with Gasteiger partial charge in [-0.15, -0.1) is 0 Å². The molecule has 0 N–H and O–H groups in total. The normalized spacial score (nSPS) is 10.1. The van der Waals surface area contributed by atoms with Crippen LogP contribution in [0.4, 0.5) is 0 Å². The molecular formula is C20H22O7. The SMILES string of the molecule is COC(=O)c1c(C)cc(OC(=O)c2c(C)cc(OC)cc2OC)cc1OC. The molecule has 0 saturated carbocycles. The Morgan fingerprint density at radius 2 is 1.15 bits per heavy atom. The van der Waals surface area contributed by atoms with Crippen LogP contribution >= 0.6 is 0 Å². The van der Waals surface area contributed by atoms with Crippen molar-refractivity contribution < 1.29 is 33.3 Å². The molecule has 0 aliphatic heterocycles. The quantitative estimate of drug-likeness (QED) is 0.567. The third kappa shape index (κ3) is 4.13. The van der Waals surface area contributed by atoms with Crippen LogP contribution in [0, 0.1) is 13.8 Å². The lowest BCUT2D eigenvalue weighted by molar-refractivity contribution is 0.0596. The average molecular weight is 374 g/mol. The number of methoxy groups -OCH3 is 4. The van der Waals surface area contributed by atoms with Crippen LogP contribution in [-0.4, -0.2) is 40.4 Å². The monoisotopic (exact) mass is 374 g/mol. The van der Waals surface area contributed by atoms with Gasteiger partial charge in [0.1, 0.15) is 34.1 Å². The summed E-state index contributed by atoms with van der Waals surface area (Å²) >= 11 is 0. The average Bonchev–Trinajstić information content (AvgIpc) is 2.65. The number of ether oxygens (including phenoxy) is 5. The van der Waals surface area contributed by atoms with E-state index in [1.54, 1.807) is 32.0 Å². The van der Waals surface area contributed by atoms with Gasteiger partial charge in [-0.05, 0) is 37.1 Å². The van der Waals surface area contributed by atoms with E-state index in [0.717, 1.165) is 0 Å². The molecule has 0 amide bonds. The molecule has 0 aliphatic rings. The van der Waals surface area contributed by atoms with Crippen molar-refractivity contribution in [1.82, 2.24) is 0 Å². The van der Waals surface area contributed by atoms with E-state index in [0.29, 0.717) is 22.6 Å². The second kappa shape index (κ2) is 8.44. The van der Waals surface area contributed by atoms with Gasteiger partial charge in [-0.3, -0.25) is 0 Å². The lowest BCUT2D eigenvalue weighted by Crippen LogP contribution is -2.13. The molecular weight excluding hydrogens is 352 g/mol. The van der Waals surface area contributed by atoms with Gasteiger partial charge in [-0.1, -0.05) is 0 Å².